The number of carboxylic acid groups (broad SMARTS) is 1. The van der Waals surface area contributed by atoms with E-state index >= 15 is 0 Å². The molecule has 9 heteroatoms. The van der Waals surface area contributed by atoms with Gasteiger partial charge in [0.1, 0.15) is 18.1 Å². The molecule has 0 saturated carbocycles. The van der Waals surface area contributed by atoms with Gasteiger partial charge in [-0.25, -0.2) is 13.2 Å². The van der Waals surface area contributed by atoms with Crippen LogP contribution in [0.3, 0.4) is 0 Å². The molecule has 0 aliphatic carbocycles. The van der Waals surface area contributed by atoms with E-state index in [0.29, 0.717) is 23.3 Å². The predicted octanol–water partition coefficient (Wildman–Crippen LogP) is 4.05. The lowest BCUT2D eigenvalue weighted by molar-refractivity contribution is 0.0696. The number of sulfone groups is 1. The van der Waals surface area contributed by atoms with Crippen molar-refractivity contribution in [3.63, 3.8) is 0 Å². The SMILES string of the molecule is CCCc1c(OCc2cccc(S(=O)(=O)c3cncc(C(=O)O)c3)c2)ccc(C(C)=O)c1O. The van der Waals surface area contributed by atoms with Crippen LogP contribution in [0.25, 0.3) is 0 Å². The quantitative estimate of drug-likeness (QED) is 0.449. The zero-order chi connectivity index (χ0) is 24.2. The lowest BCUT2D eigenvalue weighted by atomic mass is 10.0. The predicted molar refractivity (Wildman–Crippen MR) is 120 cm³/mol. The summed E-state index contributed by atoms with van der Waals surface area (Å²) in [5.41, 5.74) is 1.06. The van der Waals surface area contributed by atoms with Gasteiger partial charge in [0.05, 0.1) is 20.9 Å². The number of phenols is 1. The molecule has 3 aromatic rings. The molecule has 8 nitrogen and oxygen atoms in total. The van der Waals surface area contributed by atoms with Crippen LogP contribution < -0.4 is 4.74 Å². The summed E-state index contributed by atoms with van der Waals surface area (Å²) in [7, 11) is -4.00. The number of carbonyl (C=O) groups excluding carboxylic acids is 1. The van der Waals surface area contributed by atoms with E-state index in [1.807, 2.05) is 6.92 Å². The van der Waals surface area contributed by atoms with E-state index in [1.165, 1.54) is 25.1 Å². The van der Waals surface area contributed by atoms with Gasteiger partial charge < -0.3 is 14.9 Å². The zero-order valence-electron chi connectivity index (χ0n) is 18.1. The smallest absolute Gasteiger partial charge is 0.337 e. The highest BCUT2D eigenvalue weighted by Crippen LogP contribution is 2.33. The minimum Gasteiger partial charge on any atom is -0.507 e. The summed E-state index contributed by atoms with van der Waals surface area (Å²) in [5, 5.41) is 19.6. The van der Waals surface area contributed by atoms with Crippen LogP contribution in [0.2, 0.25) is 0 Å². The molecule has 0 unspecified atom stereocenters. The van der Waals surface area contributed by atoms with Crippen molar-refractivity contribution in [3.8, 4) is 11.5 Å². The first kappa shape index (κ1) is 23.9. The molecule has 2 N–H and O–H groups in total. The van der Waals surface area contributed by atoms with Crippen molar-refractivity contribution < 1.29 is 33.0 Å². The van der Waals surface area contributed by atoms with Gasteiger partial charge in [0.25, 0.3) is 0 Å². The molecule has 33 heavy (non-hydrogen) atoms. The van der Waals surface area contributed by atoms with Crippen molar-refractivity contribution in [1.29, 1.82) is 0 Å². The van der Waals surface area contributed by atoms with Crippen LogP contribution in [0.15, 0.2) is 64.6 Å². The fourth-order valence-electron chi connectivity index (χ4n) is 3.31. The zero-order valence-corrected chi connectivity index (χ0v) is 18.9. The van der Waals surface area contributed by atoms with Crippen molar-refractivity contribution in [2.45, 2.75) is 43.1 Å². The first-order valence-electron chi connectivity index (χ1n) is 10.2. The van der Waals surface area contributed by atoms with Crippen molar-refractivity contribution in [3.05, 3.63) is 77.1 Å². The van der Waals surface area contributed by atoms with Crippen LogP contribution in [-0.4, -0.2) is 35.4 Å². The van der Waals surface area contributed by atoms with E-state index in [0.717, 1.165) is 24.9 Å². The standard InChI is InChI=1S/C24H23NO7S/c1-3-5-21-22(9-8-20(15(2)26)23(21)27)32-14-16-6-4-7-18(10-16)33(30,31)19-11-17(24(28)29)12-25-13-19/h4,6-13,27H,3,5,14H2,1-2H3,(H,28,29). The fraction of sp³-hybridized carbons (Fsp3) is 0.208. The number of Topliss-reactive ketones (excluding diaryl/α,β-unsaturated/α-hetero) is 1. The molecule has 0 aliphatic heterocycles. The number of aromatic hydroxyl groups is 1. The Kier molecular flexibility index (Phi) is 7.13. The van der Waals surface area contributed by atoms with E-state index in [9.17, 15) is 23.1 Å². The molecule has 0 radical (unpaired) electrons. The highest BCUT2D eigenvalue weighted by atomic mass is 32.2. The van der Waals surface area contributed by atoms with E-state index in [4.69, 9.17) is 9.84 Å². The maximum atomic E-state index is 13.0. The third-order valence-electron chi connectivity index (χ3n) is 4.99. The molecular formula is C24H23NO7S. The number of rotatable bonds is 9. The maximum Gasteiger partial charge on any atom is 0.337 e. The molecule has 3 rings (SSSR count). The minimum atomic E-state index is -4.00. The highest BCUT2D eigenvalue weighted by Gasteiger charge is 2.21. The number of ketones is 1. The summed E-state index contributed by atoms with van der Waals surface area (Å²) < 4.78 is 31.8. The van der Waals surface area contributed by atoms with Gasteiger partial charge in [-0.3, -0.25) is 9.78 Å². The van der Waals surface area contributed by atoms with Crippen LogP contribution in [-0.2, 0) is 22.9 Å². The fourth-order valence-corrected chi connectivity index (χ4v) is 4.63. The summed E-state index contributed by atoms with van der Waals surface area (Å²) in [4.78, 5) is 26.3. The van der Waals surface area contributed by atoms with Crippen LogP contribution in [0.5, 0.6) is 11.5 Å². The van der Waals surface area contributed by atoms with Gasteiger partial charge in [0.2, 0.25) is 9.84 Å². The van der Waals surface area contributed by atoms with Crippen molar-refractivity contribution in [2.24, 2.45) is 0 Å². The Morgan fingerprint density at radius 3 is 2.48 bits per heavy atom. The van der Waals surface area contributed by atoms with Crippen molar-refractivity contribution >= 4 is 21.6 Å². The average molecular weight is 470 g/mol. The molecule has 2 aromatic carbocycles. The summed E-state index contributed by atoms with van der Waals surface area (Å²) in [5.74, 6) is -1.23. The summed E-state index contributed by atoms with van der Waals surface area (Å²) in [6.07, 6.45) is 3.40. The molecule has 172 valence electrons. The van der Waals surface area contributed by atoms with E-state index in [-0.39, 0.29) is 39.1 Å². The van der Waals surface area contributed by atoms with Gasteiger partial charge >= 0.3 is 5.97 Å². The normalized spacial score (nSPS) is 11.2. The molecular weight excluding hydrogens is 446 g/mol. The Balaban J connectivity index is 1.88. The molecule has 1 aromatic heterocycles. The van der Waals surface area contributed by atoms with Crippen LogP contribution in [0.1, 0.15) is 52.1 Å². The van der Waals surface area contributed by atoms with Crippen LogP contribution in [0.4, 0.5) is 0 Å². The van der Waals surface area contributed by atoms with Gasteiger partial charge in [-0.2, -0.15) is 0 Å². The molecule has 0 bridgehead atoms. The lowest BCUT2D eigenvalue weighted by Gasteiger charge is -2.15. The van der Waals surface area contributed by atoms with Crippen molar-refractivity contribution in [2.75, 3.05) is 0 Å². The largest absolute Gasteiger partial charge is 0.507 e. The number of aromatic carboxylic acids is 1. The van der Waals surface area contributed by atoms with Gasteiger partial charge in [-0.15, -0.1) is 0 Å². The summed E-state index contributed by atoms with van der Waals surface area (Å²) in [6, 6.07) is 10.3. The molecule has 0 spiro atoms. The molecule has 0 amide bonds. The Bertz CT molecular complexity index is 1320. The van der Waals surface area contributed by atoms with E-state index < -0.39 is 15.8 Å². The second-order valence-electron chi connectivity index (χ2n) is 7.40. The number of carbonyl (C=O) groups is 2. The van der Waals surface area contributed by atoms with Gasteiger partial charge in [-0.1, -0.05) is 25.5 Å². The maximum absolute atomic E-state index is 13.0. The minimum absolute atomic E-state index is 0.0202. The number of aromatic nitrogens is 1. The third kappa shape index (κ3) is 5.20. The van der Waals surface area contributed by atoms with E-state index in [2.05, 4.69) is 4.98 Å². The van der Waals surface area contributed by atoms with Crippen molar-refractivity contribution in [1.82, 2.24) is 4.98 Å². The first-order chi connectivity index (χ1) is 15.6. The average Bonchev–Trinajstić information content (AvgIpc) is 2.79. The molecule has 0 saturated heterocycles. The summed E-state index contributed by atoms with van der Waals surface area (Å²) in [6.45, 7) is 3.33. The van der Waals surface area contributed by atoms with E-state index in [1.54, 1.807) is 18.2 Å². The van der Waals surface area contributed by atoms with Gasteiger partial charge in [-0.05, 0) is 49.2 Å². The Morgan fingerprint density at radius 2 is 1.82 bits per heavy atom. The molecule has 0 aliphatic rings. The lowest BCUT2D eigenvalue weighted by Crippen LogP contribution is -2.07. The number of pyridine rings is 1. The molecule has 1 heterocycles. The number of benzene rings is 2. The van der Waals surface area contributed by atoms with Gasteiger partial charge in [0, 0.05) is 18.0 Å². The molecule has 0 fully saturated rings. The highest BCUT2D eigenvalue weighted by molar-refractivity contribution is 7.91. The van der Waals surface area contributed by atoms with Crippen LogP contribution in [0, 0.1) is 0 Å². The number of phenolic OH excluding ortho intramolecular Hbond substituents is 1. The number of hydrogen-bond donors (Lipinski definition) is 2. The first-order valence-corrected chi connectivity index (χ1v) is 11.6. The third-order valence-corrected chi connectivity index (χ3v) is 6.71. The Morgan fingerprint density at radius 1 is 1.06 bits per heavy atom. The second-order valence-corrected chi connectivity index (χ2v) is 9.35. The monoisotopic (exact) mass is 469 g/mol. The van der Waals surface area contributed by atoms with Crippen LogP contribution >= 0.6 is 0 Å². The van der Waals surface area contributed by atoms with Gasteiger partial charge in [0.15, 0.2) is 5.78 Å². The topological polar surface area (TPSA) is 131 Å². The number of ether oxygens (including phenoxy) is 1. The Hall–Kier alpha value is -3.72. The number of nitrogens with zero attached hydrogens (tertiary/aromatic N) is 1. The summed E-state index contributed by atoms with van der Waals surface area (Å²) >= 11 is 0. The number of carboxylic acids is 1. The number of hydrogen-bond acceptors (Lipinski definition) is 7. The second kappa shape index (κ2) is 9.83. The molecule has 0 atom stereocenters. The Labute approximate surface area is 191 Å².